The van der Waals surface area contributed by atoms with Crippen molar-refractivity contribution in [2.75, 3.05) is 19.0 Å². The Morgan fingerprint density at radius 2 is 2.40 bits per heavy atom. The summed E-state index contributed by atoms with van der Waals surface area (Å²) in [4.78, 5) is 4.53. The zero-order chi connectivity index (χ0) is 11.3. The van der Waals surface area contributed by atoms with Gasteiger partial charge in [0, 0.05) is 25.4 Å². The van der Waals surface area contributed by atoms with Crippen molar-refractivity contribution >= 4 is 23.0 Å². The summed E-state index contributed by atoms with van der Waals surface area (Å²) in [6.07, 6.45) is 1.81. The van der Waals surface area contributed by atoms with Gasteiger partial charge in [0.1, 0.15) is 10.8 Å². The van der Waals surface area contributed by atoms with Crippen LogP contribution in [0.4, 0.5) is 5.82 Å². The maximum absolute atomic E-state index is 5.46. The SMILES string of the molecule is COC(C)CNc1ccc(C(N)=S)cn1. The Bertz CT molecular complexity index is 326. The van der Waals surface area contributed by atoms with E-state index in [4.69, 9.17) is 22.7 Å². The first kappa shape index (κ1) is 11.9. The molecule has 0 fully saturated rings. The molecule has 0 amide bonds. The minimum Gasteiger partial charge on any atom is -0.389 e. The first-order chi connectivity index (χ1) is 7.13. The topological polar surface area (TPSA) is 60.2 Å². The van der Waals surface area contributed by atoms with Crippen LogP contribution < -0.4 is 11.1 Å². The molecule has 1 heterocycles. The number of pyridine rings is 1. The third-order valence-corrected chi connectivity index (χ3v) is 2.26. The molecule has 4 nitrogen and oxygen atoms in total. The molecule has 1 unspecified atom stereocenters. The van der Waals surface area contributed by atoms with Crippen LogP contribution in [0.5, 0.6) is 0 Å². The fourth-order valence-electron chi connectivity index (χ4n) is 0.976. The summed E-state index contributed by atoms with van der Waals surface area (Å²) in [7, 11) is 1.68. The van der Waals surface area contributed by atoms with Crippen LogP contribution >= 0.6 is 12.2 Å². The zero-order valence-electron chi connectivity index (χ0n) is 8.86. The lowest BCUT2D eigenvalue weighted by molar-refractivity contribution is 0.128. The van der Waals surface area contributed by atoms with E-state index >= 15 is 0 Å². The molecular formula is C10H15N3OS. The second-order valence-electron chi connectivity index (χ2n) is 3.22. The van der Waals surface area contributed by atoms with E-state index < -0.39 is 0 Å². The number of aromatic nitrogens is 1. The Kier molecular flexibility index (Phi) is 4.45. The summed E-state index contributed by atoms with van der Waals surface area (Å²) in [5.74, 6) is 0.791. The van der Waals surface area contributed by atoms with Crippen LogP contribution in [0.15, 0.2) is 18.3 Å². The summed E-state index contributed by atoms with van der Waals surface area (Å²) in [5, 5.41) is 3.14. The van der Waals surface area contributed by atoms with E-state index in [2.05, 4.69) is 10.3 Å². The van der Waals surface area contributed by atoms with Gasteiger partial charge in [0.15, 0.2) is 0 Å². The maximum Gasteiger partial charge on any atom is 0.126 e. The molecule has 0 bridgehead atoms. The predicted molar refractivity (Wildman–Crippen MR) is 65.1 cm³/mol. The minimum absolute atomic E-state index is 0.155. The second-order valence-corrected chi connectivity index (χ2v) is 3.66. The van der Waals surface area contributed by atoms with Gasteiger partial charge in [-0.05, 0) is 19.1 Å². The number of ether oxygens (including phenoxy) is 1. The number of nitrogens with zero attached hydrogens (tertiary/aromatic N) is 1. The molecule has 0 aliphatic heterocycles. The third kappa shape index (κ3) is 3.81. The first-order valence-electron chi connectivity index (χ1n) is 4.66. The number of thiocarbonyl (C=S) groups is 1. The fraction of sp³-hybridized carbons (Fsp3) is 0.400. The average molecular weight is 225 g/mol. The predicted octanol–water partition coefficient (Wildman–Crippen LogP) is 1.16. The molecule has 0 aliphatic carbocycles. The smallest absolute Gasteiger partial charge is 0.126 e. The highest BCUT2D eigenvalue weighted by Crippen LogP contribution is 2.05. The molecule has 1 atom stereocenters. The van der Waals surface area contributed by atoms with Crippen molar-refractivity contribution in [3.63, 3.8) is 0 Å². The number of anilines is 1. The molecule has 1 aromatic heterocycles. The van der Waals surface area contributed by atoms with E-state index in [0.29, 0.717) is 4.99 Å². The number of rotatable bonds is 5. The summed E-state index contributed by atoms with van der Waals surface area (Å²) in [6, 6.07) is 3.69. The third-order valence-electron chi connectivity index (χ3n) is 2.02. The molecule has 1 rings (SSSR count). The zero-order valence-corrected chi connectivity index (χ0v) is 9.67. The van der Waals surface area contributed by atoms with E-state index in [9.17, 15) is 0 Å². The lowest BCUT2D eigenvalue weighted by Gasteiger charge is -2.11. The highest BCUT2D eigenvalue weighted by molar-refractivity contribution is 7.80. The van der Waals surface area contributed by atoms with Crippen molar-refractivity contribution < 1.29 is 4.74 Å². The number of nitrogens with two attached hydrogens (primary N) is 1. The van der Waals surface area contributed by atoms with Crippen molar-refractivity contribution in [2.45, 2.75) is 13.0 Å². The van der Waals surface area contributed by atoms with Crippen LogP contribution in [0.2, 0.25) is 0 Å². The van der Waals surface area contributed by atoms with Crippen LogP contribution in [0, 0.1) is 0 Å². The summed E-state index contributed by atoms with van der Waals surface area (Å²) >= 11 is 4.83. The van der Waals surface area contributed by atoms with E-state index in [1.54, 1.807) is 13.3 Å². The number of methoxy groups -OCH3 is 1. The number of hydrogen-bond acceptors (Lipinski definition) is 4. The van der Waals surface area contributed by atoms with Gasteiger partial charge >= 0.3 is 0 Å². The van der Waals surface area contributed by atoms with Gasteiger partial charge in [0.05, 0.1) is 6.10 Å². The van der Waals surface area contributed by atoms with Gasteiger partial charge in [-0.2, -0.15) is 0 Å². The van der Waals surface area contributed by atoms with Gasteiger partial charge in [-0.15, -0.1) is 0 Å². The molecular weight excluding hydrogens is 210 g/mol. The molecule has 0 radical (unpaired) electrons. The average Bonchev–Trinajstić information content (AvgIpc) is 2.26. The van der Waals surface area contributed by atoms with Crippen LogP contribution in [0.25, 0.3) is 0 Å². The van der Waals surface area contributed by atoms with Gasteiger partial charge in [0.2, 0.25) is 0 Å². The highest BCUT2D eigenvalue weighted by atomic mass is 32.1. The highest BCUT2D eigenvalue weighted by Gasteiger charge is 2.00. The molecule has 5 heteroatoms. The van der Waals surface area contributed by atoms with Gasteiger partial charge < -0.3 is 15.8 Å². The molecule has 0 aromatic carbocycles. The molecule has 0 saturated heterocycles. The molecule has 0 spiro atoms. The summed E-state index contributed by atoms with van der Waals surface area (Å²) in [6.45, 7) is 2.70. The van der Waals surface area contributed by atoms with Gasteiger partial charge in [-0.3, -0.25) is 0 Å². The monoisotopic (exact) mass is 225 g/mol. The van der Waals surface area contributed by atoms with E-state index in [0.717, 1.165) is 17.9 Å². The number of hydrogen-bond donors (Lipinski definition) is 2. The van der Waals surface area contributed by atoms with Crippen molar-refractivity contribution in [2.24, 2.45) is 5.73 Å². The molecule has 1 aromatic rings. The largest absolute Gasteiger partial charge is 0.389 e. The van der Waals surface area contributed by atoms with Crippen LogP contribution in [0.1, 0.15) is 12.5 Å². The Balaban J connectivity index is 2.53. The number of nitrogens with one attached hydrogen (secondary N) is 1. The summed E-state index contributed by atoms with van der Waals surface area (Å²) in [5.41, 5.74) is 6.23. The van der Waals surface area contributed by atoms with Crippen molar-refractivity contribution in [3.05, 3.63) is 23.9 Å². The van der Waals surface area contributed by atoms with Crippen LogP contribution in [-0.2, 0) is 4.74 Å². The Labute approximate surface area is 94.8 Å². The second kappa shape index (κ2) is 5.63. The Hall–Kier alpha value is -1.20. The van der Waals surface area contributed by atoms with Gasteiger partial charge in [0.25, 0.3) is 0 Å². The van der Waals surface area contributed by atoms with Gasteiger partial charge in [-0.25, -0.2) is 4.98 Å². The maximum atomic E-state index is 5.46. The van der Waals surface area contributed by atoms with Crippen LogP contribution in [-0.4, -0.2) is 29.7 Å². The molecule has 0 aliphatic rings. The Morgan fingerprint density at radius 1 is 1.67 bits per heavy atom. The van der Waals surface area contributed by atoms with E-state index in [1.165, 1.54) is 0 Å². The van der Waals surface area contributed by atoms with Crippen molar-refractivity contribution in [1.82, 2.24) is 4.98 Å². The standard InChI is InChI=1S/C10H15N3OS/c1-7(14-2)5-12-9-4-3-8(6-13-9)10(11)15/h3-4,6-7H,5H2,1-2H3,(H2,11,15)(H,12,13). The molecule has 0 saturated carbocycles. The van der Waals surface area contributed by atoms with E-state index in [1.807, 2.05) is 19.1 Å². The molecule has 3 N–H and O–H groups in total. The van der Waals surface area contributed by atoms with Gasteiger partial charge in [-0.1, -0.05) is 12.2 Å². The quantitative estimate of drug-likeness (QED) is 0.736. The normalized spacial score (nSPS) is 12.1. The first-order valence-corrected chi connectivity index (χ1v) is 5.07. The minimum atomic E-state index is 0.155. The molecule has 82 valence electrons. The summed E-state index contributed by atoms with van der Waals surface area (Å²) < 4.78 is 5.10. The molecule has 15 heavy (non-hydrogen) atoms. The van der Waals surface area contributed by atoms with Crippen LogP contribution in [0.3, 0.4) is 0 Å². The Morgan fingerprint density at radius 3 is 2.87 bits per heavy atom. The fourth-order valence-corrected chi connectivity index (χ4v) is 1.10. The van der Waals surface area contributed by atoms with Crippen molar-refractivity contribution in [1.29, 1.82) is 0 Å². The van der Waals surface area contributed by atoms with E-state index in [-0.39, 0.29) is 6.10 Å². The van der Waals surface area contributed by atoms with Crippen molar-refractivity contribution in [3.8, 4) is 0 Å². The lowest BCUT2D eigenvalue weighted by Crippen LogP contribution is -2.18. The lowest BCUT2D eigenvalue weighted by atomic mass is 10.3.